The van der Waals surface area contributed by atoms with Crippen molar-refractivity contribution in [1.82, 2.24) is 4.90 Å². The smallest absolute Gasteiger partial charge is 0.314 e. The Kier molecular flexibility index (Phi) is 5.52. The van der Waals surface area contributed by atoms with Gasteiger partial charge in [-0.25, -0.2) is 0 Å². The number of hydrogen-bond donors (Lipinski definition) is 0. The molecule has 2 rings (SSSR count). The van der Waals surface area contributed by atoms with Crippen LogP contribution in [0.3, 0.4) is 0 Å². The second kappa shape index (κ2) is 7.60. The van der Waals surface area contributed by atoms with Crippen molar-refractivity contribution in [1.29, 1.82) is 0 Å². The van der Waals surface area contributed by atoms with Gasteiger partial charge in [-0.2, -0.15) is 0 Å². The molecule has 0 aromatic heterocycles. The lowest BCUT2D eigenvalue weighted by atomic mass is 9.98. The molecule has 0 aliphatic heterocycles. The van der Waals surface area contributed by atoms with E-state index >= 15 is 0 Å². The van der Waals surface area contributed by atoms with Crippen LogP contribution < -0.4 is 0 Å². The minimum atomic E-state index is -0.259. The molecule has 0 amide bonds. The summed E-state index contributed by atoms with van der Waals surface area (Å²) in [5, 5.41) is 0. The van der Waals surface area contributed by atoms with E-state index in [4.69, 9.17) is 4.74 Å². The summed E-state index contributed by atoms with van der Waals surface area (Å²) in [6, 6.07) is 20.0. The van der Waals surface area contributed by atoms with Crippen LogP contribution in [0.2, 0.25) is 0 Å². The summed E-state index contributed by atoms with van der Waals surface area (Å²) in [5.74, 6) is -0.453. The number of nitrogens with zero attached hydrogens (tertiary/aromatic N) is 1. The molecule has 0 spiro atoms. The van der Waals surface area contributed by atoms with Crippen molar-refractivity contribution in [3.63, 3.8) is 0 Å². The van der Waals surface area contributed by atoms with E-state index in [9.17, 15) is 4.79 Å². The fourth-order valence-electron chi connectivity index (χ4n) is 2.41. The highest BCUT2D eigenvalue weighted by Crippen LogP contribution is 2.19. The van der Waals surface area contributed by atoms with Crippen LogP contribution in [-0.4, -0.2) is 31.6 Å². The van der Waals surface area contributed by atoms with Crippen molar-refractivity contribution in [3.05, 3.63) is 71.8 Å². The highest BCUT2D eigenvalue weighted by atomic mass is 16.5. The van der Waals surface area contributed by atoms with Gasteiger partial charge in [0.25, 0.3) is 0 Å². The first-order valence-corrected chi connectivity index (χ1v) is 7.06. The first kappa shape index (κ1) is 15.3. The lowest BCUT2D eigenvalue weighted by Gasteiger charge is -2.23. The van der Waals surface area contributed by atoms with Crippen molar-refractivity contribution >= 4 is 5.97 Å². The number of benzene rings is 2. The van der Waals surface area contributed by atoms with E-state index in [1.54, 1.807) is 0 Å². The van der Waals surface area contributed by atoms with Crippen molar-refractivity contribution < 1.29 is 9.53 Å². The number of esters is 1. The van der Waals surface area contributed by atoms with Gasteiger partial charge in [-0.05, 0) is 18.2 Å². The van der Waals surface area contributed by atoms with Gasteiger partial charge in [0.05, 0.1) is 13.0 Å². The van der Waals surface area contributed by atoms with Crippen LogP contribution in [0.15, 0.2) is 60.7 Å². The Balaban J connectivity index is 2.07. The summed E-state index contributed by atoms with van der Waals surface area (Å²) in [6.07, 6.45) is 0. The Labute approximate surface area is 126 Å². The predicted octanol–water partition coefficient (Wildman–Crippen LogP) is 3.08. The molecule has 0 aliphatic rings. The van der Waals surface area contributed by atoms with Crippen molar-refractivity contribution in [3.8, 4) is 0 Å². The zero-order chi connectivity index (χ0) is 15.1. The number of ether oxygens (including phenoxy) is 1. The first-order valence-electron chi connectivity index (χ1n) is 7.06. The molecule has 0 bridgehead atoms. The maximum absolute atomic E-state index is 12.1. The van der Waals surface area contributed by atoms with Gasteiger partial charge in [-0.1, -0.05) is 60.7 Å². The van der Waals surface area contributed by atoms with E-state index in [-0.39, 0.29) is 11.9 Å². The van der Waals surface area contributed by atoms with Crippen molar-refractivity contribution in [2.45, 2.75) is 12.5 Å². The number of carbonyl (C=O) groups is 1. The van der Waals surface area contributed by atoms with Gasteiger partial charge in [0.15, 0.2) is 0 Å². The van der Waals surface area contributed by atoms with Gasteiger partial charge >= 0.3 is 5.97 Å². The van der Waals surface area contributed by atoms with E-state index in [0.717, 1.165) is 12.1 Å². The third-order valence-corrected chi connectivity index (χ3v) is 3.48. The quantitative estimate of drug-likeness (QED) is 0.763. The molecule has 2 aromatic rings. The maximum atomic E-state index is 12.1. The molecule has 0 fully saturated rings. The molecule has 1 unspecified atom stereocenters. The number of likely N-dealkylation sites (N-methyl/N-ethyl adjacent to an activating group) is 1. The summed E-state index contributed by atoms with van der Waals surface area (Å²) in [7, 11) is 3.46. The van der Waals surface area contributed by atoms with E-state index < -0.39 is 0 Å². The molecular formula is C18H21NO2. The second-order valence-electron chi connectivity index (χ2n) is 5.17. The third kappa shape index (κ3) is 4.43. The summed E-state index contributed by atoms with van der Waals surface area (Å²) in [5.41, 5.74) is 2.22. The lowest BCUT2D eigenvalue weighted by Crippen LogP contribution is -2.29. The predicted molar refractivity (Wildman–Crippen MR) is 84.0 cm³/mol. The molecule has 0 aliphatic carbocycles. The number of carbonyl (C=O) groups excluding carboxylic acids is 1. The minimum absolute atomic E-state index is 0.193. The fraction of sp³-hybridized carbons (Fsp3) is 0.278. The van der Waals surface area contributed by atoms with Gasteiger partial charge in [-0.3, -0.25) is 4.79 Å². The molecule has 0 heterocycles. The molecule has 0 N–H and O–H groups in total. The normalized spacial score (nSPS) is 12.1. The maximum Gasteiger partial charge on any atom is 0.314 e. The monoisotopic (exact) mass is 283 g/mol. The highest BCUT2D eigenvalue weighted by Gasteiger charge is 2.22. The van der Waals surface area contributed by atoms with Crippen LogP contribution in [0.25, 0.3) is 0 Å². The van der Waals surface area contributed by atoms with Crippen LogP contribution in [-0.2, 0) is 16.1 Å². The largest absolute Gasteiger partial charge is 0.469 e. The number of methoxy groups -OCH3 is 1. The van der Waals surface area contributed by atoms with Crippen LogP contribution in [0, 0.1) is 0 Å². The Morgan fingerprint density at radius 3 is 2.19 bits per heavy atom. The summed E-state index contributed by atoms with van der Waals surface area (Å²) >= 11 is 0. The summed E-state index contributed by atoms with van der Waals surface area (Å²) in [4.78, 5) is 14.2. The summed E-state index contributed by atoms with van der Waals surface area (Å²) < 4.78 is 4.95. The molecule has 0 radical (unpaired) electrons. The summed E-state index contributed by atoms with van der Waals surface area (Å²) in [6.45, 7) is 1.44. The molecule has 0 saturated heterocycles. The van der Waals surface area contributed by atoms with Crippen molar-refractivity contribution in [2.75, 3.05) is 20.7 Å². The Bertz CT molecular complexity index is 554. The molecular weight excluding hydrogens is 262 g/mol. The topological polar surface area (TPSA) is 29.5 Å². The van der Waals surface area contributed by atoms with Crippen LogP contribution in [0.1, 0.15) is 17.0 Å². The standard InChI is InChI=1S/C18H21NO2/c1-19(13-15-9-5-3-6-10-15)14-17(18(20)21-2)16-11-7-4-8-12-16/h3-12,17H,13-14H2,1-2H3. The highest BCUT2D eigenvalue weighted by molar-refractivity contribution is 5.78. The van der Waals surface area contributed by atoms with Crippen LogP contribution in [0.5, 0.6) is 0 Å². The molecule has 0 saturated carbocycles. The first-order chi connectivity index (χ1) is 10.2. The second-order valence-corrected chi connectivity index (χ2v) is 5.17. The Morgan fingerprint density at radius 1 is 1.05 bits per heavy atom. The van der Waals surface area contributed by atoms with E-state index in [1.165, 1.54) is 12.7 Å². The lowest BCUT2D eigenvalue weighted by molar-refractivity contribution is -0.142. The molecule has 2 aromatic carbocycles. The van der Waals surface area contributed by atoms with Crippen LogP contribution in [0.4, 0.5) is 0 Å². The van der Waals surface area contributed by atoms with Gasteiger partial charge < -0.3 is 9.64 Å². The van der Waals surface area contributed by atoms with Gasteiger partial charge in [0.2, 0.25) is 0 Å². The minimum Gasteiger partial charge on any atom is -0.469 e. The molecule has 3 heteroatoms. The van der Waals surface area contributed by atoms with E-state index in [2.05, 4.69) is 17.0 Å². The molecule has 3 nitrogen and oxygen atoms in total. The Hall–Kier alpha value is -2.13. The molecule has 110 valence electrons. The van der Waals surface area contributed by atoms with E-state index in [0.29, 0.717) is 6.54 Å². The average Bonchev–Trinajstić information content (AvgIpc) is 2.53. The van der Waals surface area contributed by atoms with Crippen LogP contribution >= 0.6 is 0 Å². The Morgan fingerprint density at radius 2 is 1.62 bits per heavy atom. The number of hydrogen-bond acceptors (Lipinski definition) is 3. The van der Waals surface area contributed by atoms with Gasteiger partial charge in [-0.15, -0.1) is 0 Å². The van der Waals surface area contributed by atoms with Gasteiger partial charge in [0, 0.05) is 13.1 Å². The number of rotatable bonds is 6. The molecule has 21 heavy (non-hydrogen) atoms. The average molecular weight is 283 g/mol. The third-order valence-electron chi connectivity index (χ3n) is 3.48. The zero-order valence-electron chi connectivity index (χ0n) is 12.5. The molecule has 1 atom stereocenters. The zero-order valence-corrected chi connectivity index (χ0v) is 12.5. The van der Waals surface area contributed by atoms with Crippen molar-refractivity contribution in [2.24, 2.45) is 0 Å². The SMILES string of the molecule is COC(=O)C(CN(C)Cc1ccccc1)c1ccccc1. The van der Waals surface area contributed by atoms with Gasteiger partial charge in [0.1, 0.15) is 0 Å². The van der Waals surface area contributed by atoms with E-state index in [1.807, 2.05) is 55.6 Å². The fourth-order valence-corrected chi connectivity index (χ4v) is 2.41.